The molecule has 2 rings (SSSR count). The highest BCUT2D eigenvalue weighted by Gasteiger charge is 2.06. The zero-order chi connectivity index (χ0) is 16.5. The van der Waals surface area contributed by atoms with Crippen molar-refractivity contribution in [2.45, 2.75) is 20.4 Å². The van der Waals surface area contributed by atoms with E-state index in [0.717, 1.165) is 22.7 Å². The van der Waals surface area contributed by atoms with E-state index < -0.39 is 0 Å². The lowest BCUT2D eigenvalue weighted by Crippen LogP contribution is -2.27. The number of thiocarbonyl (C=S) groups is 1. The summed E-state index contributed by atoms with van der Waals surface area (Å²) in [4.78, 5) is 0. The number of ether oxygens (including phenoxy) is 2. The number of hydrogen-bond donors (Lipinski definition) is 2. The molecule has 122 valence electrons. The Morgan fingerprint density at radius 3 is 2.35 bits per heavy atom. The van der Waals surface area contributed by atoms with Crippen LogP contribution >= 0.6 is 12.2 Å². The van der Waals surface area contributed by atoms with Crippen molar-refractivity contribution >= 4 is 23.0 Å². The molecule has 23 heavy (non-hydrogen) atoms. The third kappa shape index (κ3) is 5.45. The van der Waals surface area contributed by atoms with Crippen LogP contribution in [0.5, 0.6) is 11.5 Å². The lowest BCUT2D eigenvalue weighted by atomic mass is 10.2. The third-order valence-corrected chi connectivity index (χ3v) is 3.34. The molecule has 2 aromatic rings. The predicted octanol–water partition coefficient (Wildman–Crippen LogP) is 3.97. The summed E-state index contributed by atoms with van der Waals surface area (Å²) in [5, 5.41) is 6.93. The van der Waals surface area contributed by atoms with Gasteiger partial charge in [0.05, 0.1) is 13.2 Å². The lowest BCUT2D eigenvalue weighted by molar-refractivity contribution is 0.287. The molecule has 0 aliphatic heterocycles. The maximum absolute atomic E-state index is 5.63. The molecular formula is C18H22N2O2S. The molecule has 0 spiro atoms. The fourth-order valence-electron chi connectivity index (χ4n) is 2.08. The van der Waals surface area contributed by atoms with Crippen LogP contribution in [-0.4, -0.2) is 18.3 Å². The van der Waals surface area contributed by atoms with E-state index in [0.29, 0.717) is 24.9 Å². The van der Waals surface area contributed by atoms with Crippen LogP contribution in [0.4, 0.5) is 5.69 Å². The molecule has 0 bridgehead atoms. The van der Waals surface area contributed by atoms with Gasteiger partial charge in [-0.1, -0.05) is 24.3 Å². The van der Waals surface area contributed by atoms with E-state index in [-0.39, 0.29) is 0 Å². The highest BCUT2D eigenvalue weighted by atomic mass is 32.1. The Morgan fingerprint density at radius 1 is 0.957 bits per heavy atom. The lowest BCUT2D eigenvalue weighted by Gasteiger charge is -2.14. The maximum atomic E-state index is 5.63. The van der Waals surface area contributed by atoms with Gasteiger partial charge in [-0.15, -0.1) is 0 Å². The molecule has 5 heteroatoms. The van der Waals surface area contributed by atoms with Crippen molar-refractivity contribution in [2.24, 2.45) is 0 Å². The number of hydrogen-bond acceptors (Lipinski definition) is 3. The van der Waals surface area contributed by atoms with Crippen molar-refractivity contribution < 1.29 is 9.47 Å². The molecule has 0 fully saturated rings. The molecule has 0 saturated carbocycles. The first-order valence-corrected chi connectivity index (χ1v) is 8.12. The molecule has 0 aromatic heterocycles. The number of anilines is 1. The number of benzene rings is 2. The van der Waals surface area contributed by atoms with Gasteiger partial charge in [-0.2, -0.15) is 0 Å². The topological polar surface area (TPSA) is 42.5 Å². The smallest absolute Gasteiger partial charge is 0.171 e. The molecule has 0 amide bonds. The van der Waals surface area contributed by atoms with Crippen molar-refractivity contribution in [3.05, 3.63) is 54.1 Å². The zero-order valence-corrected chi connectivity index (χ0v) is 14.3. The summed E-state index contributed by atoms with van der Waals surface area (Å²) < 4.78 is 11.2. The Morgan fingerprint density at radius 2 is 1.65 bits per heavy atom. The van der Waals surface area contributed by atoms with Crippen LogP contribution in [0.2, 0.25) is 0 Å². The minimum atomic E-state index is 0.586. The summed E-state index contributed by atoms with van der Waals surface area (Å²) in [5.41, 5.74) is 2.04. The largest absolute Gasteiger partial charge is 0.490 e. The number of rotatable bonds is 7. The van der Waals surface area contributed by atoms with E-state index in [1.165, 1.54) is 0 Å². The van der Waals surface area contributed by atoms with Gasteiger partial charge < -0.3 is 20.1 Å². The summed E-state index contributed by atoms with van der Waals surface area (Å²) >= 11 is 5.31. The Bertz CT molecular complexity index is 632. The highest BCUT2D eigenvalue weighted by Crippen LogP contribution is 2.28. The van der Waals surface area contributed by atoms with Gasteiger partial charge in [0, 0.05) is 12.2 Å². The Labute approximate surface area is 142 Å². The van der Waals surface area contributed by atoms with Gasteiger partial charge in [-0.3, -0.25) is 0 Å². The fraction of sp³-hybridized carbons (Fsp3) is 0.278. The molecule has 0 atom stereocenters. The molecule has 0 radical (unpaired) electrons. The van der Waals surface area contributed by atoms with Crippen molar-refractivity contribution in [1.82, 2.24) is 5.32 Å². The number of nitrogens with one attached hydrogen (secondary N) is 2. The standard InChI is InChI=1S/C18H22N2O2S/c1-3-21-16-11-10-14(12-17(16)22-4-2)13-19-18(23)20-15-8-6-5-7-9-15/h5-12H,3-4,13H2,1-2H3,(H2,19,20,23). The van der Waals surface area contributed by atoms with E-state index >= 15 is 0 Å². The first-order chi connectivity index (χ1) is 11.2. The summed E-state index contributed by atoms with van der Waals surface area (Å²) in [6.07, 6.45) is 0. The minimum absolute atomic E-state index is 0.586. The van der Waals surface area contributed by atoms with Crippen LogP contribution in [-0.2, 0) is 6.54 Å². The molecule has 4 nitrogen and oxygen atoms in total. The van der Waals surface area contributed by atoms with Gasteiger partial charge in [0.15, 0.2) is 16.6 Å². The quantitative estimate of drug-likeness (QED) is 0.752. The van der Waals surface area contributed by atoms with Crippen molar-refractivity contribution in [3.63, 3.8) is 0 Å². The van der Waals surface area contributed by atoms with Gasteiger partial charge in [-0.05, 0) is 55.9 Å². The maximum Gasteiger partial charge on any atom is 0.171 e. The molecule has 0 unspecified atom stereocenters. The molecule has 0 heterocycles. The summed E-state index contributed by atoms with van der Waals surface area (Å²) in [5.74, 6) is 1.53. The Hall–Kier alpha value is -2.27. The third-order valence-electron chi connectivity index (χ3n) is 3.09. The average Bonchev–Trinajstić information content (AvgIpc) is 2.56. The second-order valence-corrected chi connectivity index (χ2v) is 5.23. The Kier molecular flexibility index (Phi) is 6.69. The number of para-hydroxylation sites is 1. The minimum Gasteiger partial charge on any atom is -0.490 e. The SMILES string of the molecule is CCOc1ccc(CNC(=S)Nc2ccccc2)cc1OCC. The molecule has 0 aliphatic rings. The van der Waals surface area contributed by atoms with Gasteiger partial charge in [-0.25, -0.2) is 0 Å². The van der Waals surface area contributed by atoms with Crippen molar-refractivity contribution in [2.75, 3.05) is 18.5 Å². The average molecular weight is 330 g/mol. The van der Waals surface area contributed by atoms with E-state index in [2.05, 4.69) is 10.6 Å². The van der Waals surface area contributed by atoms with Crippen LogP contribution < -0.4 is 20.1 Å². The van der Waals surface area contributed by atoms with Crippen LogP contribution in [0.3, 0.4) is 0 Å². The summed E-state index contributed by atoms with van der Waals surface area (Å²) in [6.45, 7) is 5.75. The second kappa shape index (κ2) is 9.00. The van der Waals surface area contributed by atoms with Crippen molar-refractivity contribution in [3.8, 4) is 11.5 Å². The molecule has 0 aliphatic carbocycles. The van der Waals surface area contributed by atoms with Crippen LogP contribution in [0.15, 0.2) is 48.5 Å². The van der Waals surface area contributed by atoms with Crippen LogP contribution in [0.1, 0.15) is 19.4 Å². The van der Waals surface area contributed by atoms with Crippen LogP contribution in [0, 0.1) is 0 Å². The second-order valence-electron chi connectivity index (χ2n) is 4.82. The molecule has 2 N–H and O–H groups in total. The van der Waals surface area contributed by atoms with Crippen molar-refractivity contribution in [1.29, 1.82) is 0 Å². The highest BCUT2D eigenvalue weighted by molar-refractivity contribution is 7.80. The first kappa shape index (κ1) is 17.1. The van der Waals surface area contributed by atoms with Crippen LogP contribution in [0.25, 0.3) is 0 Å². The van der Waals surface area contributed by atoms with E-state index in [1.807, 2.05) is 62.4 Å². The summed E-state index contributed by atoms with van der Waals surface area (Å²) in [6, 6.07) is 15.8. The summed E-state index contributed by atoms with van der Waals surface area (Å²) in [7, 11) is 0. The molecular weight excluding hydrogens is 308 g/mol. The Balaban J connectivity index is 1.94. The van der Waals surface area contributed by atoms with Gasteiger partial charge in [0.1, 0.15) is 0 Å². The van der Waals surface area contributed by atoms with E-state index in [1.54, 1.807) is 0 Å². The first-order valence-electron chi connectivity index (χ1n) is 7.71. The van der Waals surface area contributed by atoms with E-state index in [9.17, 15) is 0 Å². The molecule has 2 aromatic carbocycles. The van der Waals surface area contributed by atoms with Gasteiger partial charge in [0.2, 0.25) is 0 Å². The van der Waals surface area contributed by atoms with Gasteiger partial charge >= 0.3 is 0 Å². The fourth-order valence-corrected chi connectivity index (χ4v) is 2.27. The molecule has 0 saturated heterocycles. The van der Waals surface area contributed by atoms with Gasteiger partial charge in [0.25, 0.3) is 0 Å². The monoisotopic (exact) mass is 330 g/mol. The zero-order valence-electron chi connectivity index (χ0n) is 13.5. The normalized spacial score (nSPS) is 10.0. The predicted molar refractivity (Wildman–Crippen MR) is 98.3 cm³/mol. The van der Waals surface area contributed by atoms with E-state index in [4.69, 9.17) is 21.7 Å².